The predicted octanol–water partition coefficient (Wildman–Crippen LogP) is 3.67. The average molecular weight is 366 g/mol. The molecule has 2 aromatic carbocycles. The van der Waals surface area contributed by atoms with Crippen LogP contribution in [0.2, 0.25) is 0 Å². The molecular weight excluding hydrogens is 359 g/mol. The normalized spacial score (nSPS) is 11.4. The van der Waals surface area contributed by atoms with Crippen LogP contribution in [0.3, 0.4) is 0 Å². The first-order valence-corrected chi connectivity index (χ1v) is 7.50. The molecule has 0 amide bonds. The topological polar surface area (TPSA) is 46.2 Å². The van der Waals surface area contributed by atoms with E-state index in [1.54, 1.807) is 4.72 Å². The Morgan fingerprint density at radius 2 is 1.45 bits per heavy atom. The molecule has 2 rings (SSSR count). The van der Waals surface area contributed by atoms with Gasteiger partial charge in [-0.3, -0.25) is 4.72 Å². The van der Waals surface area contributed by atoms with Crippen molar-refractivity contribution in [2.24, 2.45) is 0 Å². The van der Waals surface area contributed by atoms with Gasteiger partial charge in [0.05, 0.1) is 4.90 Å². The Labute approximate surface area is 121 Å². The van der Waals surface area contributed by atoms with Crippen molar-refractivity contribution in [2.45, 2.75) is 4.90 Å². The van der Waals surface area contributed by atoms with E-state index in [9.17, 15) is 21.6 Å². The van der Waals surface area contributed by atoms with Crippen LogP contribution in [0.15, 0.2) is 45.8 Å². The quantitative estimate of drug-likeness (QED) is 0.901. The average Bonchev–Trinajstić information content (AvgIpc) is 2.34. The molecule has 0 saturated heterocycles. The van der Waals surface area contributed by atoms with Crippen molar-refractivity contribution in [3.05, 3.63) is 58.3 Å². The van der Waals surface area contributed by atoms with Crippen molar-refractivity contribution in [3.8, 4) is 0 Å². The minimum atomic E-state index is -4.16. The molecule has 0 aliphatic carbocycles. The number of benzene rings is 2. The molecule has 0 bridgehead atoms. The third-order valence-corrected chi connectivity index (χ3v) is 4.26. The summed E-state index contributed by atoms with van der Waals surface area (Å²) in [4.78, 5) is -0.177. The van der Waals surface area contributed by atoms with Gasteiger partial charge in [-0.2, -0.15) is 0 Å². The van der Waals surface area contributed by atoms with E-state index in [1.165, 1.54) is 24.3 Å². The fourth-order valence-electron chi connectivity index (χ4n) is 1.45. The monoisotopic (exact) mass is 365 g/mol. The highest BCUT2D eigenvalue weighted by molar-refractivity contribution is 9.10. The van der Waals surface area contributed by atoms with Gasteiger partial charge in [0, 0.05) is 16.6 Å². The van der Waals surface area contributed by atoms with Gasteiger partial charge < -0.3 is 0 Å². The molecule has 0 aliphatic rings. The van der Waals surface area contributed by atoms with Crippen molar-refractivity contribution in [1.29, 1.82) is 0 Å². The van der Waals surface area contributed by atoms with E-state index in [4.69, 9.17) is 0 Å². The summed E-state index contributed by atoms with van der Waals surface area (Å²) in [5.74, 6) is -3.79. The zero-order valence-electron chi connectivity index (χ0n) is 9.70. The van der Waals surface area contributed by atoms with Gasteiger partial charge in [0.15, 0.2) is 11.6 Å². The van der Waals surface area contributed by atoms with Crippen LogP contribution in [-0.2, 0) is 10.0 Å². The summed E-state index contributed by atoms with van der Waals surface area (Å²) < 4.78 is 65.9. The lowest BCUT2D eigenvalue weighted by molar-refractivity contribution is 0.547. The van der Waals surface area contributed by atoms with Crippen LogP contribution in [0, 0.1) is 17.5 Å². The molecule has 20 heavy (non-hydrogen) atoms. The molecule has 3 nitrogen and oxygen atoms in total. The minimum absolute atomic E-state index is 0.177. The second-order valence-electron chi connectivity index (χ2n) is 3.80. The number of nitrogens with one attached hydrogen (secondary N) is 1. The van der Waals surface area contributed by atoms with Crippen molar-refractivity contribution in [1.82, 2.24) is 0 Å². The molecule has 2 aromatic rings. The Bertz CT molecular complexity index is 725. The Morgan fingerprint density at radius 3 is 1.95 bits per heavy atom. The fourth-order valence-corrected chi connectivity index (χ4v) is 2.79. The summed E-state index contributed by atoms with van der Waals surface area (Å²) in [6.07, 6.45) is 0. The first-order valence-electron chi connectivity index (χ1n) is 5.22. The summed E-state index contributed by atoms with van der Waals surface area (Å²) in [7, 11) is -4.16. The zero-order valence-corrected chi connectivity index (χ0v) is 12.1. The van der Waals surface area contributed by atoms with Gasteiger partial charge in [-0.25, -0.2) is 21.6 Å². The van der Waals surface area contributed by atoms with E-state index >= 15 is 0 Å². The molecular formula is C12H7BrF3NO2S. The second kappa shape index (κ2) is 5.45. The summed E-state index contributed by atoms with van der Waals surface area (Å²) in [6, 6.07) is 6.22. The molecule has 0 radical (unpaired) electrons. The molecule has 0 aliphatic heterocycles. The van der Waals surface area contributed by atoms with E-state index < -0.39 is 33.2 Å². The first-order chi connectivity index (χ1) is 9.29. The Morgan fingerprint density at radius 1 is 0.950 bits per heavy atom. The van der Waals surface area contributed by atoms with Crippen LogP contribution < -0.4 is 4.72 Å². The molecule has 1 N–H and O–H groups in total. The smallest absolute Gasteiger partial charge is 0.262 e. The highest BCUT2D eigenvalue weighted by Gasteiger charge is 2.20. The lowest BCUT2D eigenvalue weighted by Crippen LogP contribution is -2.15. The Kier molecular flexibility index (Phi) is 4.05. The van der Waals surface area contributed by atoms with Crippen LogP contribution in [0.5, 0.6) is 0 Å². The summed E-state index contributed by atoms with van der Waals surface area (Å²) in [5.41, 5.74) is -0.922. The molecule has 0 fully saturated rings. The summed E-state index contributed by atoms with van der Waals surface area (Å²) >= 11 is 3.13. The minimum Gasteiger partial charge on any atom is -0.274 e. The van der Waals surface area contributed by atoms with Gasteiger partial charge in [-0.05, 0) is 24.3 Å². The van der Waals surface area contributed by atoms with E-state index in [0.717, 1.165) is 0 Å². The molecule has 0 spiro atoms. The van der Waals surface area contributed by atoms with Gasteiger partial charge >= 0.3 is 0 Å². The lowest BCUT2D eigenvalue weighted by Gasteiger charge is -2.10. The van der Waals surface area contributed by atoms with E-state index in [2.05, 4.69) is 15.9 Å². The molecule has 0 atom stereocenters. The molecule has 0 saturated carbocycles. The van der Waals surface area contributed by atoms with Gasteiger partial charge in [0.1, 0.15) is 11.5 Å². The van der Waals surface area contributed by atoms with Gasteiger partial charge in [-0.15, -0.1) is 0 Å². The van der Waals surface area contributed by atoms with Crippen molar-refractivity contribution < 1.29 is 21.6 Å². The van der Waals surface area contributed by atoms with Crippen LogP contribution in [0.25, 0.3) is 0 Å². The lowest BCUT2D eigenvalue weighted by atomic mass is 10.3. The van der Waals surface area contributed by atoms with Gasteiger partial charge in [-0.1, -0.05) is 15.9 Å². The predicted molar refractivity (Wildman–Crippen MR) is 71.3 cm³/mol. The third-order valence-electron chi connectivity index (χ3n) is 2.37. The van der Waals surface area contributed by atoms with E-state index in [1.807, 2.05) is 0 Å². The van der Waals surface area contributed by atoms with Crippen LogP contribution in [0.1, 0.15) is 0 Å². The van der Waals surface area contributed by atoms with Gasteiger partial charge in [0.25, 0.3) is 10.0 Å². The first kappa shape index (κ1) is 14.9. The maximum atomic E-state index is 13.4. The summed E-state index contributed by atoms with van der Waals surface area (Å²) in [6.45, 7) is 0. The number of anilines is 1. The highest BCUT2D eigenvalue weighted by Crippen LogP contribution is 2.24. The van der Waals surface area contributed by atoms with Crippen molar-refractivity contribution in [3.63, 3.8) is 0 Å². The molecule has 106 valence electrons. The standard InChI is InChI=1S/C12H7BrF3NO2S/c13-7-1-3-9(4-2-7)20(18,19)17-12-10(15)5-8(14)6-11(12)16/h1-6,17H. The summed E-state index contributed by atoms with van der Waals surface area (Å²) in [5, 5.41) is 0. The highest BCUT2D eigenvalue weighted by atomic mass is 79.9. The van der Waals surface area contributed by atoms with E-state index in [0.29, 0.717) is 16.6 Å². The SMILES string of the molecule is O=S(=O)(Nc1c(F)cc(F)cc1F)c1ccc(Br)cc1. The maximum absolute atomic E-state index is 13.4. The zero-order chi connectivity index (χ0) is 14.9. The second-order valence-corrected chi connectivity index (χ2v) is 6.40. The van der Waals surface area contributed by atoms with Crippen molar-refractivity contribution >= 4 is 31.6 Å². The Hall–Kier alpha value is -1.54. The van der Waals surface area contributed by atoms with Crippen LogP contribution in [0.4, 0.5) is 18.9 Å². The van der Waals surface area contributed by atoms with Crippen molar-refractivity contribution in [2.75, 3.05) is 4.72 Å². The van der Waals surface area contributed by atoms with Crippen LogP contribution >= 0.6 is 15.9 Å². The third kappa shape index (κ3) is 3.13. The van der Waals surface area contributed by atoms with Crippen LogP contribution in [-0.4, -0.2) is 8.42 Å². The molecule has 0 unspecified atom stereocenters. The molecule has 0 aromatic heterocycles. The molecule has 0 heterocycles. The van der Waals surface area contributed by atoms with E-state index in [-0.39, 0.29) is 4.90 Å². The fraction of sp³-hybridized carbons (Fsp3) is 0. The largest absolute Gasteiger partial charge is 0.274 e. The maximum Gasteiger partial charge on any atom is 0.262 e. The number of sulfonamides is 1. The number of rotatable bonds is 3. The number of hydrogen-bond acceptors (Lipinski definition) is 2. The van der Waals surface area contributed by atoms with Gasteiger partial charge in [0.2, 0.25) is 0 Å². The molecule has 8 heteroatoms. The Balaban J connectivity index is 2.41. The number of hydrogen-bond donors (Lipinski definition) is 1. The number of halogens is 4.